The third-order valence-electron chi connectivity index (χ3n) is 4.95. The normalized spacial score (nSPS) is 26.9. The number of aliphatic hydroxyl groups excluding tert-OH is 1. The molecule has 1 saturated carbocycles. The quantitative estimate of drug-likeness (QED) is 0.910. The molecule has 1 aliphatic rings. The van der Waals surface area contributed by atoms with Crippen molar-refractivity contribution in [2.24, 2.45) is 11.3 Å². The fraction of sp³-hybridized carbons (Fsp3) is 0.647. The van der Waals surface area contributed by atoms with Crippen LogP contribution in [0.5, 0.6) is 0 Å². The molecule has 1 aliphatic carbocycles. The smallest absolute Gasteiger partial charge is 0.127 e. The van der Waals surface area contributed by atoms with E-state index in [9.17, 15) is 9.50 Å². The average Bonchev–Trinajstić information content (AvgIpc) is 2.65. The minimum absolute atomic E-state index is 0.00669. The summed E-state index contributed by atoms with van der Waals surface area (Å²) in [5.74, 6) is 0.128. The predicted octanol–water partition coefficient (Wildman–Crippen LogP) is 3.62. The molecule has 112 valence electrons. The molecule has 1 aromatic carbocycles. The first-order valence-electron chi connectivity index (χ1n) is 7.45. The van der Waals surface area contributed by atoms with Gasteiger partial charge in [0.05, 0.1) is 6.10 Å². The van der Waals surface area contributed by atoms with Crippen molar-refractivity contribution in [3.8, 4) is 0 Å². The molecule has 20 heavy (non-hydrogen) atoms. The Balaban J connectivity index is 2.02. The number of rotatable bonds is 4. The standard InChI is InChI=1S/C17H26FNO/c1-12(14-7-5-6-8-15(14)18)19(4)11-13-9-10-17(2,3)16(13)20/h5-8,12-13,16,20H,9-11H2,1-4H3. The van der Waals surface area contributed by atoms with Gasteiger partial charge in [-0.2, -0.15) is 0 Å². The second kappa shape index (κ2) is 5.82. The number of nitrogens with zero attached hydrogens (tertiary/aromatic N) is 1. The van der Waals surface area contributed by atoms with Crippen LogP contribution in [0.3, 0.4) is 0 Å². The molecule has 2 nitrogen and oxygen atoms in total. The molecule has 0 heterocycles. The second-order valence-electron chi connectivity index (χ2n) is 6.87. The first-order chi connectivity index (χ1) is 9.33. The maximum Gasteiger partial charge on any atom is 0.127 e. The average molecular weight is 279 g/mol. The first-order valence-corrected chi connectivity index (χ1v) is 7.45. The van der Waals surface area contributed by atoms with E-state index in [1.165, 1.54) is 6.07 Å². The predicted molar refractivity (Wildman–Crippen MR) is 80.0 cm³/mol. The molecule has 1 aromatic rings. The van der Waals surface area contributed by atoms with Gasteiger partial charge in [-0.15, -0.1) is 0 Å². The van der Waals surface area contributed by atoms with Crippen molar-refractivity contribution >= 4 is 0 Å². The molecule has 3 heteroatoms. The summed E-state index contributed by atoms with van der Waals surface area (Å²) in [5, 5.41) is 10.4. The van der Waals surface area contributed by atoms with Crippen LogP contribution in [0.1, 0.15) is 45.2 Å². The van der Waals surface area contributed by atoms with Gasteiger partial charge in [-0.3, -0.25) is 4.90 Å². The zero-order chi connectivity index (χ0) is 14.9. The number of hydrogen-bond donors (Lipinski definition) is 1. The highest BCUT2D eigenvalue weighted by Gasteiger charge is 2.41. The van der Waals surface area contributed by atoms with Gasteiger partial charge in [-0.25, -0.2) is 4.39 Å². The highest BCUT2D eigenvalue weighted by molar-refractivity contribution is 5.20. The van der Waals surface area contributed by atoms with Crippen molar-refractivity contribution in [3.05, 3.63) is 35.6 Å². The number of hydrogen-bond acceptors (Lipinski definition) is 2. The van der Waals surface area contributed by atoms with Crippen LogP contribution in [0.25, 0.3) is 0 Å². The van der Waals surface area contributed by atoms with Gasteiger partial charge in [0, 0.05) is 18.2 Å². The van der Waals surface area contributed by atoms with E-state index in [4.69, 9.17) is 0 Å². The zero-order valence-corrected chi connectivity index (χ0v) is 12.9. The summed E-state index contributed by atoms with van der Waals surface area (Å²) in [6.45, 7) is 7.07. The van der Waals surface area contributed by atoms with Gasteiger partial charge in [0.1, 0.15) is 5.82 Å². The number of benzene rings is 1. The Kier molecular flexibility index (Phi) is 4.50. The van der Waals surface area contributed by atoms with Crippen LogP contribution in [0.4, 0.5) is 4.39 Å². The topological polar surface area (TPSA) is 23.5 Å². The summed E-state index contributed by atoms with van der Waals surface area (Å²) in [6, 6.07) is 6.95. The van der Waals surface area contributed by atoms with E-state index < -0.39 is 0 Å². The van der Waals surface area contributed by atoms with Crippen molar-refractivity contribution in [2.45, 2.75) is 45.8 Å². The van der Waals surface area contributed by atoms with Gasteiger partial charge < -0.3 is 5.11 Å². The lowest BCUT2D eigenvalue weighted by atomic mass is 9.87. The molecule has 1 fully saturated rings. The molecule has 3 unspecified atom stereocenters. The van der Waals surface area contributed by atoms with Gasteiger partial charge in [-0.05, 0) is 44.2 Å². The van der Waals surface area contributed by atoms with Gasteiger partial charge >= 0.3 is 0 Å². The fourth-order valence-electron chi connectivity index (χ4n) is 3.27. The first kappa shape index (κ1) is 15.5. The van der Waals surface area contributed by atoms with E-state index in [1.807, 2.05) is 26.1 Å². The molecule has 3 atom stereocenters. The molecule has 0 aliphatic heterocycles. The molecule has 0 amide bonds. The van der Waals surface area contributed by atoms with Crippen LogP contribution in [-0.4, -0.2) is 29.7 Å². The van der Waals surface area contributed by atoms with Gasteiger partial charge in [0.15, 0.2) is 0 Å². The third-order valence-corrected chi connectivity index (χ3v) is 4.95. The van der Waals surface area contributed by atoms with E-state index in [1.54, 1.807) is 6.07 Å². The monoisotopic (exact) mass is 279 g/mol. The Morgan fingerprint density at radius 2 is 2.05 bits per heavy atom. The van der Waals surface area contributed by atoms with Gasteiger partial charge in [-0.1, -0.05) is 32.0 Å². The maximum atomic E-state index is 13.8. The maximum absolute atomic E-state index is 13.8. The van der Waals surface area contributed by atoms with Crippen molar-refractivity contribution in [3.63, 3.8) is 0 Å². The summed E-state index contributed by atoms with van der Waals surface area (Å²) in [7, 11) is 2.01. The lowest BCUT2D eigenvalue weighted by Gasteiger charge is -2.31. The van der Waals surface area contributed by atoms with Gasteiger partial charge in [0.2, 0.25) is 0 Å². The Hall–Kier alpha value is -0.930. The van der Waals surface area contributed by atoms with E-state index in [0.29, 0.717) is 0 Å². The molecular formula is C17H26FNO. The zero-order valence-electron chi connectivity index (χ0n) is 12.9. The SMILES string of the molecule is CC(c1ccccc1F)N(C)CC1CCC(C)(C)C1O. The third kappa shape index (κ3) is 3.04. The van der Waals surface area contributed by atoms with E-state index in [2.05, 4.69) is 18.7 Å². The van der Waals surface area contributed by atoms with Crippen LogP contribution in [0.2, 0.25) is 0 Å². The molecule has 0 bridgehead atoms. The lowest BCUT2D eigenvalue weighted by Crippen LogP contribution is -2.36. The van der Waals surface area contributed by atoms with Crippen molar-refractivity contribution in [2.75, 3.05) is 13.6 Å². The molecule has 0 aromatic heterocycles. The highest BCUT2D eigenvalue weighted by atomic mass is 19.1. The lowest BCUT2D eigenvalue weighted by molar-refractivity contribution is 0.0313. The van der Waals surface area contributed by atoms with Crippen LogP contribution in [0, 0.1) is 17.2 Å². The second-order valence-corrected chi connectivity index (χ2v) is 6.87. The Labute approximate surface area is 121 Å². The van der Waals surface area contributed by atoms with Crippen molar-refractivity contribution in [1.82, 2.24) is 4.90 Å². The fourth-order valence-corrected chi connectivity index (χ4v) is 3.27. The van der Waals surface area contributed by atoms with Crippen LogP contribution >= 0.6 is 0 Å². The molecule has 1 N–H and O–H groups in total. The Morgan fingerprint density at radius 3 is 2.60 bits per heavy atom. The van der Waals surface area contributed by atoms with Crippen LogP contribution in [0.15, 0.2) is 24.3 Å². The summed E-state index contributed by atoms with van der Waals surface area (Å²) in [6.07, 6.45) is 1.83. The van der Waals surface area contributed by atoms with E-state index >= 15 is 0 Å². The Morgan fingerprint density at radius 1 is 1.40 bits per heavy atom. The minimum Gasteiger partial charge on any atom is -0.392 e. The van der Waals surface area contributed by atoms with Gasteiger partial charge in [0.25, 0.3) is 0 Å². The van der Waals surface area contributed by atoms with Crippen molar-refractivity contribution < 1.29 is 9.50 Å². The van der Waals surface area contributed by atoms with E-state index in [-0.39, 0.29) is 29.3 Å². The van der Waals surface area contributed by atoms with Crippen molar-refractivity contribution in [1.29, 1.82) is 0 Å². The molecule has 0 spiro atoms. The van der Waals surface area contributed by atoms with Crippen LogP contribution in [-0.2, 0) is 0 Å². The number of aliphatic hydroxyl groups is 1. The summed E-state index contributed by atoms with van der Waals surface area (Å²) in [5.41, 5.74) is 0.731. The van der Waals surface area contributed by atoms with Crippen LogP contribution < -0.4 is 0 Å². The highest BCUT2D eigenvalue weighted by Crippen LogP contribution is 2.42. The van der Waals surface area contributed by atoms with E-state index in [0.717, 1.165) is 24.9 Å². The molecular weight excluding hydrogens is 253 g/mol. The Bertz CT molecular complexity index is 460. The largest absolute Gasteiger partial charge is 0.392 e. The summed E-state index contributed by atoms with van der Waals surface area (Å²) < 4.78 is 13.8. The summed E-state index contributed by atoms with van der Waals surface area (Å²) >= 11 is 0. The molecule has 0 radical (unpaired) electrons. The molecule has 0 saturated heterocycles. The summed E-state index contributed by atoms with van der Waals surface area (Å²) in [4.78, 5) is 2.15. The number of halogens is 1. The minimum atomic E-state index is -0.266. The molecule has 2 rings (SSSR count).